The third-order valence-electron chi connectivity index (χ3n) is 4.16. The van der Waals surface area contributed by atoms with Gasteiger partial charge in [0.05, 0.1) is 26.2 Å². The minimum absolute atomic E-state index is 1.35. The van der Waals surface area contributed by atoms with Crippen molar-refractivity contribution >= 4 is 0 Å². The van der Waals surface area contributed by atoms with E-state index in [-0.39, 0.29) is 0 Å². The first-order chi connectivity index (χ1) is 8.74. The van der Waals surface area contributed by atoms with Gasteiger partial charge >= 0.3 is 0 Å². The SMILES string of the molecule is CCCCCC[N+](CCC)(CCCC)CCCC. The number of hydrogen-bond acceptors (Lipinski definition) is 0. The summed E-state index contributed by atoms with van der Waals surface area (Å²) in [7, 11) is 0. The quantitative estimate of drug-likeness (QED) is 0.306. The lowest BCUT2D eigenvalue weighted by Crippen LogP contribution is -2.50. The van der Waals surface area contributed by atoms with E-state index in [1.54, 1.807) is 0 Å². The molecular formula is C17H38N+. The van der Waals surface area contributed by atoms with Crippen molar-refractivity contribution in [3.63, 3.8) is 0 Å². The molecule has 0 aromatic rings. The molecule has 0 amide bonds. The molecule has 1 heteroatoms. The first-order valence-electron chi connectivity index (χ1n) is 8.59. The van der Waals surface area contributed by atoms with Crippen molar-refractivity contribution in [2.45, 2.75) is 85.5 Å². The molecule has 0 radical (unpaired) electrons. The summed E-state index contributed by atoms with van der Waals surface area (Å²) in [5.41, 5.74) is 0. The summed E-state index contributed by atoms with van der Waals surface area (Å²) in [5, 5.41) is 0. The first-order valence-corrected chi connectivity index (χ1v) is 8.59. The van der Waals surface area contributed by atoms with Crippen molar-refractivity contribution in [3.05, 3.63) is 0 Å². The summed E-state index contributed by atoms with van der Waals surface area (Å²) in [6.45, 7) is 15.0. The summed E-state index contributed by atoms with van der Waals surface area (Å²) < 4.78 is 1.42. The van der Waals surface area contributed by atoms with Crippen LogP contribution in [0.25, 0.3) is 0 Å². The standard InChI is InChI=1S/C17H38N/c1-5-9-12-13-17-18(14-8-4,15-10-6-2)16-11-7-3/h5-17H2,1-4H3/q+1. The molecule has 0 unspecified atom stereocenters. The molecule has 1 nitrogen and oxygen atoms in total. The van der Waals surface area contributed by atoms with Gasteiger partial charge in [-0.05, 0) is 32.1 Å². The van der Waals surface area contributed by atoms with Crippen LogP contribution in [0, 0.1) is 0 Å². The largest absolute Gasteiger partial charge is 0.324 e. The molecule has 0 saturated heterocycles. The number of unbranched alkanes of at least 4 members (excludes halogenated alkanes) is 5. The minimum Gasteiger partial charge on any atom is -0.324 e. The normalized spacial score (nSPS) is 12.0. The third kappa shape index (κ3) is 8.13. The summed E-state index contributed by atoms with van der Waals surface area (Å²) >= 11 is 0. The van der Waals surface area contributed by atoms with E-state index >= 15 is 0 Å². The topological polar surface area (TPSA) is 0 Å². The average molecular weight is 256 g/mol. The van der Waals surface area contributed by atoms with Gasteiger partial charge in [-0.15, -0.1) is 0 Å². The number of hydrogen-bond donors (Lipinski definition) is 0. The smallest absolute Gasteiger partial charge is 0.0786 e. The van der Waals surface area contributed by atoms with Crippen LogP contribution in [0.4, 0.5) is 0 Å². The van der Waals surface area contributed by atoms with Gasteiger partial charge < -0.3 is 4.48 Å². The molecule has 0 N–H and O–H groups in total. The van der Waals surface area contributed by atoms with Crippen molar-refractivity contribution in [2.75, 3.05) is 26.2 Å². The maximum atomic E-state index is 2.36. The second-order valence-electron chi connectivity index (χ2n) is 6.00. The van der Waals surface area contributed by atoms with E-state index in [0.717, 1.165) is 0 Å². The van der Waals surface area contributed by atoms with E-state index in [9.17, 15) is 0 Å². The van der Waals surface area contributed by atoms with Crippen LogP contribution in [0.3, 0.4) is 0 Å². The molecule has 0 aliphatic rings. The van der Waals surface area contributed by atoms with E-state index in [1.165, 1.54) is 88.4 Å². The Balaban J connectivity index is 4.29. The Morgan fingerprint density at radius 1 is 0.444 bits per heavy atom. The summed E-state index contributed by atoms with van der Waals surface area (Å²) in [5.74, 6) is 0. The van der Waals surface area contributed by atoms with Crippen LogP contribution in [-0.4, -0.2) is 30.7 Å². The lowest BCUT2D eigenvalue weighted by molar-refractivity contribution is -0.929. The average Bonchev–Trinajstić information content (AvgIpc) is 2.39. The zero-order valence-corrected chi connectivity index (χ0v) is 13.6. The van der Waals surface area contributed by atoms with E-state index in [1.807, 2.05) is 0 Å². The Hall–Kier alpha value is -0.0400. The predicted octanol–water partition coefficient (Wildman–Crippen LogP) is 5.39. The Labute approximate surface area is 117 Å². The van der Waals surface area contributed by atoms with Crippen molar-refractivity contribution in [1.29, 1.82) is 0 Å². The highest BCUT2D eigenvalue weighted by atomic mass is 15.3. The predicted molar refractivity (Wildman–Crippen MR) is 84.0 cm³/mol. The number of nitrogens with zero attached hydrogens (tertiary/aromatic N) is 1. The molecule has 110 valence electrons. The maximum Gasteiger partial charge on any atom is 0.0786 e. The van der Waals surface area contributed by atoms with Crippen LogP contribution in [0.1, 0.15) is 85.5 Å². The fourth-order valence-corrected chi connectivity index (χ4v) is 3.01. The first kappa shape index (κ1) is 18.0. The van der Waals surface area contributed by atoms with Gasteiger partial charge in [0.25, 0.3) is 0 Å². The van der Waals surface area contributed by atoms with Gasteiger partial charge in [-0.1, -0.05) is 53.4 Å². The van der Waals surface area contributed by atoms with Gasteiger partial charge in [0, 0.05) is 0 Å². The van der Waals surface area contributed by atoms with Gasteiger partial charge in [0.15, 0.2) is 0 Å². The molecule has 0 saturated carbocycles. The van der Waals surface area contributed by atoms with Crippen LogP contribution in [0.15, 0.2) is 0 Å². The lowest BCUT2D eigenvalue weighted by atomic mass is 10.1. The molecule has 0 fully saturated rings. The minimum atomic E-state index is 1.35. The van der Waals surface area contributed by atoms with Crippen LogP contribution in [0.2, 0.25) is 0 Å². The second-order valence-corrected chi connectivity index (χ2v) is 6.00. The fourth-order valence-electron chi connectivity index (χ4n) is 3.01. The van der Waals surface area contributed by atoms with Gasteiger partial charge in [0.2, 0.25) is 0 Å². The summed E-state index contributed by atoms with van der Waals surface area (Å²) in [6.07, 6.45) is 12.6. The Kier molecular flexibility index (Phi) is 12.0. The Bertz CT molecular complexity index is 157. The van der Waals surface area contributed by atoms with Crippen molar-refractivity contribution < 1.29 is 4.48 Å². The molecule has 0 heterocycles. The molecule has 0 rings (SSSR count). The van der Waals surface area contributed by atoms with Crippen molar-refractivity contribution in [2.24, 2.45) is 0 Å². The third-order valence-corrected chi connectivity index (χ3v) is 4.16. The summed E-state index contributed by atoms with van der Waals surface area (Å²) in [6, 6.07) is 0. The molecule has 0 aliphatic carbocycles. The highest BCUT2D eigenvalue weighted by molar-refractivity contribution is 4.49. The van der Waals surface area contributed by atoms with E-state index in [0.29, 0.717) is 0 Å². The molecular weight excluding hydrogens is 218 g/mol. The monoisotopic (exact) mass is 256 g/mol. The van der Waals surface area contributed by atoms with Crippen LogP contribution < -0.4 is 0 Å². The van der Waals surface area contributed by atoms with Crippen molar-refractivity contribution in [3.8, 4) is 0 Å². The van der Waals surface area contributed by atoms with Crippen LogP contribution in [0.5, 0.6) is 0 Å². The fraction of sp³-hybridized carbons (Fsp3) is 1.00. The van der Waals surface area contributed by atoms with Gasteiger partial charge in [0.1, 0.15) is 0 Å². The molecule has 0 atom stereocenters. The number of quaternary nitrogens is 1. The van der Waals surface area contributed by atoms with E-state index < -0.39 is 0 Å². The molecule has 0 aromatic heterocycles. The zero-order valence-electron chi connectivity index (χ0n) is 13.6. The molecule has 0 spiro atoms. The molecule has 0 aromatic carbocycles. The molecule has 18 heavy (non-hydrogen) atoms. The number of rotatable bonds is 13. The maximum absolute atomic E-state index is 2.36. The van der Waals surface area contributed by atoms with E-state index in [2.05, 4.69) is 27.7 Å². The lowest BCUT2D eigenvalue weighted by Gasteiger charge is -2.39. The zero-order chi connectivity index (χ0) is 13.7. The van der Waals surface area contributed by atoms with Crippen LogP contribution in [-0.2, 0) is 0 Å². The Morgan fingerprint density at radius 2 is 0.944 bits per heavy atom. The Morgan fingerprint density at radius 3 is 1.39 bits per heavy atom. The van der Waals surface area contributed by atoms with Crippen molar-refractivity contribution in [1.82, 2.24) is 0 Å². The molecule has 0 aliphatic heterocycles. The van der Waals surface area contributed by atoms with Gasteiger partial charge in [-0.3, -0.25) is 0 Å². The van der Waals surface area contributed by atoms with Crippen LogP contribution >= 0.6 is 0 Å². The second kappa shape index (κ2) is 12.0. The van der Waals surface area contributed by atoms with Gasteiger partial charge in [-0.2, -0.15) is 0 Å². The highest BCUT2D eigenvalue weighted by Crippen LogP contribution is 2.16. The summed E-state index contributed by atoms with van der Waals surface area (Å²) in [4.78, 5) is 0. The molecule has 0 bridgehead atoms. The van der Waals surface area contributed by atoms with Gasteiger partial charge in [-0.25, -0.2) is 0 Å². The highest BCUT2D eigenvalue weighted by Gasteiger charge is 2.24. The van der Waals surface area contributed by atoms with E-state index in [4.69, 9.17) is 0 Å².